The van der Waals surface area contributed by atoms with E-state index in [9.17, 15) is 9.59 Å². The van der Waals surface area contributed by atoms with Gasteiger partial charge < -0.3 is 9.84 Å². The maximum absolute atomic E-state index is 11.5. The number of hydrogen-bond donors (Lipinski definition) is 2. The van der Waals surface area contributed by atoms with Crippen molar-refractivity contribution in [1.29, 1.82) is 0 Å². The van der Waals surface area contributed by atoms with E-state index in [2.05, 4.69) is 4.98 Å². The lowest BCUT2D eigenvalue weighted by Crippen LogP contribution is -2.24. The summed E-state index contributed by atoms with van der Waals surface area (Å²) in [7, 11) is 0. The third-order valence-electron chi connectivity index (χ3n) is 1.46. The summed E-state index contributed by atoms with van der Waals surface area (Å²) in [5.74, 6) is -0.993. The average Bonchev–Trinajstić information content (AvgIpc) is 1.98. The highest BCUT2D eigenvalue weighted by Gasteiger charge is 2.18. The van der Waals surface area contributed by atoms with Crippen LogP contribution in [0.15, 0.2) is 16.9 Å². The van der Waals surface area contributed by atoms with Crippen molar-refractivity contribution in [3.63, 3.8) is 0 Å². The maximum Gasteiger partial charge on any atom is 0.339 e. The van der Waals surface area contributed by atoms with Crippen molar-refractivity contribution >= 4 is 5.97 Å². The van der Waals surface area contributed by atoms with E-state index in [0.29, 0.717) is 0 Å². The molecule has 1 aromatic heterocycles. The van der Waals surface area contributed by atoms with Crippen LogP contribution in [0.5, 0.6) is 5.88 Å². The summed E-state index contributed by atoms with van der Waals surface area (Å²) in [4.78, 5) is 24.6. The van der Waals surface area contributed by atoms with Crippen LogP contribution in [0.25, 0.3) is 0 Å². The average molecular weight is 211 g/mol. The van der Waals surface area contributed by atoms with E-state index < -0.39 is 17.1 Å². The summed E-state index contributed by atoms with van der Waals surface area (Å²) in [5.41, 5.74) is -1.14. The zero-order valence-electron chi connectivity index (χ0n) is 8.83. The highest BCUT2D eigenvalue weighted by molar-refractivity contribution is 5.89. The molecule has 0 unspecified atom stereocenters. The Bertz CT molecular complexity index is 428. The van der Waals surface area contributed by atoms with E-state index in [1.807, 2.05) is 0 Å². The monoisotopic (exact) mass is 211 g/mol. The number of H-pyrrole nitrogens is 1. The lowest BCUT2D eigenvalue weighted by Gasteiger charge is -2.19. The molecule has 1 aromatic rings. The molecule has 1 heterocycles. The van der Waals surface area contributed by atoms with Gasteiger partial charge in [-0.3, -0.25) is 9.78 Å². The number of nitrogens with one attached hydrogen (secondary N) is 1. The van der Waals surface area contributed by atoms with Gasteiger partial charge in [0.15, 0.2) is 5.88 Å². The van der Waals surface area contributed by atoms with Gasteiger partial charge in [0.05, 0.1) is 5.56 Å². The Labute approximate surface area is 86.7 Å². The molecule has 0 aromatic carbocycles. The molecule has 5 heteroatoms. The molecule has 15 heavy (non-hydrogen) atoms. The van der Waals surface area contributed by atoms with Crippen LogP contribution in [0.1, 0.15) is 31.1 Å². The summed E-state index contributed by atoms with van der Waals surface area (Å²) in [6.07, 6.45) is 0. The molecule has 0 aliphatic carbocycles. The summed E-state index contributed by atoms with van der Waals surface area (Å²) < 4.78 is 5.03. The van der Waals surface area contributed by atoms with Crippen molar-refractivity contribution in [3.8, 4) is 5.88 Å². The number of rotatable bonds is 1. The Morgan fingerprint density at radius 3 is 2.47 bits per heavy atom. The number of aromatic amines is 1. The molecule has 0 spiro atoms. The highest BCUT2D eigenvalue weighted by atomic mass is 16.6. The van der Waals surface area contributed by atoms with Gasteiger partial charge in [0.2, 0.25) is 0 Å². The topological polar surface area (TPSA) is 79.4 Å². The number of aromatic nitrogens is 1. The minimum Gasteiger partial charge on any atom is -0.494 e. The number of hydrogen-bond acceptors (Lipinski definition) is 4. The number of aromatic hydroxyl groups is 1. The zero-order chi connectivity index (χ0) is 11.6. The molecular formula is C10H13NO4. The van der Waals surface area contributed by atoms with Gasteiger partial charge in [-0.25, -0.2) is 4.79 Å². The van der Waals surface area contributed by atoms with Crippen molar-refractivity contribution < 1.29 is 14.6 Å². The molecule has 0 saturated carbocycles. The smallest absolute Gasteiger partial charge is 0.339 e. The summed E-state index contributed by atoms with van der Waals surface area (Å²) >= 11 is 0. The predicted octanol–water partition coefficient (Wildman–Crippen LogP) is 1.04. The van der Waals surface area contributed by atoms with Crippen molar-refractivity contribution in [2.45, 2.75) is 26.4 Å². The fourth-order valence-corrected chi connectivity index (χ4v) is 0.983. The Hall–Kier alpha value is -1.78. The van der Waals surface area contributed by atoms with Gasteiger partial charge in [0.25, 0.3) is 5.56 Å². The first-order valence-corrected chi connectivity index (χ1v) is 4.44. The number of ether oxygens (including phenoxy) is 1. The van der Waals surface area contributed by atoms with Gasteiger partial charge in [-0.2, -0.15) is 0 Å². The van der Waals surface area contributed by atoms with Gasteiger partial charge in [-0.1, -0.05) is 0 Å². The third-order valence-corrected chi connectivity index (χ3v) is 1.46. The van der Waals surface area contributed by atoms with Gasteiger partial charge in [0, 0.05) is 12.1 Å². The molecule has 1 rings (SSSR count). The molecule has 0 radical (unpaired) electrons. The van der Waals surface area contributed by atoms with Crippen LogP contribution in [0.2, 0.25) is 0 Å². The Balaban J connectivity index is 2.97. The Morgan fingerprint density at radius 1 is 1.40 bits per heavy atom. The van der Waals surface area contributed by atoms with Crippen LogP contribution in [-0.2, 0) is 4.74 Å². The van der Waals surface area contributed by atoms with Crippen LogP contribution >= 0.6 is 0 Å². The normalized spacial score (nSPS) is 11.1. The largest absolute Gasteiger partial charge is 0.494 e. The van der Waals surface area contributed by atoms with Crippen molar-refractivity contribution in [2.75, 3.05) is 0 Å². The summed E-state index contributed by atoms with van der Waals surface area (Å²) in [5, 5.41) is 9.08. The second-order valence-corrected chi connectivity index (χ2v) is 4.12. The molecule has 5 nitrogen and oxygen atoms in total. The lowest BCUT2D eigenvalue weighted by atomic mass is 10.2. The van der Waals surface area contributed by atoms with Gasteiger partial charge >= 0.3 is 5.97 Å². The van der Waals surface area contributed by atoms with Crippen molar-refractivity contribution in [2.24, 2.45) is 0 Å². The second kappa shape index (κ2) is 3.76. The van der Waals surface area contributed by atoms with E-state index in [-0.39, 0.29) is 11.4 Å². The van der Waals surface area contributed by atoms with Crippen LogP contribution in [0.4, 0.5) is 0 Å². The van der Waals surface area contributed by atoms with Crippen molar-refractivity contribution in [1.82, 2.24) is 4.98 Å². The van der Waals surface area contributed by atoms with Gasteiger partial charge in [0.1, 0.15) is 5.60 Å². The van der Waals surface area contributed by atoms with E-state index >= 15 is 0 Å². The Kier molecular flexibility index (Phi) is 2.83. The van der Waals surface area contributed by atoms with Gasteiger partial charge in [-0.05, 0) is 20.8 Å². The quantitative estimate of drug-likeness (QED) is 0.680. The second-order valence-electron chi connectivity index (χ2n) is 4.12. The molecule has 0 aliphatic rings. The third kappa shape index (κ3) is 3.46. The molecule has 0 bridgehead atoms. The molecular weight excluding hydrogens is 198 g/mol. The minimum atomic E-state index is -0.635. The zero-order valence-corrected chi connectivity index (χ0v) is 8.83. The standard InChI is InChI=1S/C10H13NO4/c1-10(2,3)15-9(14)6-4-7(12)11-8(13)5-6/h4-5H,1-3H3,(H2,11,12,13). The first kappa shape index (κ1) is 11.3. The summed E-state index contributed by atoms with van der Waals surface area (Å²) in [6, 6.07) is 2.23. The summed E-state index contributed by atoms with van der Waals surface area (Å²) in [6.45, 7) is 5.16. The number of carbonyl (C=O) groups is 1. The van der Waals surface area contributed by atoms with E-state index in [1.165, 1.54) is 0 Å². The molecule has 0 atom stereocenters. The fourth-order valence-electron chi connectivity index (χ4n) is 0.983. The first-order valence-electron chi connectivity index (χ1n) is 4.44. The number of pyridine rings is 1. The SMILES string of the molecule is CC(C)(C)OC(=O)c1cc(O)[nH]c(=O)c1. The fraction of sp³-hybridized carbons (Fsp3) is 0.400. The maximum atomic E-state index is 11.5. The number of esters is 1. The van der Waals surface area contributed by atoms with Crippen LogP contribution in [0, 0.1) is 0 Å². The van der Waals surface area contributed by atoms with E-state index in [1.54, 1.807) is 20.8 Å². The molecule has 82 valence electrons. The predicted molar refractivity (Wildman–Crippen MR) is 53.9 cm³/mol. The van der Waals surface area contributed by atoms with Gasteiger partial charge in [-0.15, -0.1) is 0 Å². The lowest BCUT2D eigenvalue weighted by molar-refractivity contribution is 0.00687. The molecule has 0 fully saturated rings. The minimum absolute atomic E-state index is 0.0335. The molecule has 0 saturated heterocycles. The number of carbonyl (C=O) groups excluding carboxylic acids is 1. The van der Waals surface area contributed by atoms with E-state index in [0.717, 1.165) is 12.1 Å². The van der Waals surface area contributed by atoms with Crippen molar-refractivity contribution in [3.05, 3.63) is 28.0 Å². The van der Waals surface area contributed by atoms with E-state index in [4.69, 9.17) is 9.84 Å². The highest BCUT2D eigenvalue weighted by Crippen LogP contribution is 2.12. The van der Waals surface area contributed by atoms with Crippen LogP contribution < -0.4 is 5.56 Å². The Morgan fingerprint density at radius 2 is 2.00 bits per heavy atom. The van der Waals surface area contributed by atoms with Crippen LogP contribution in [-0.4, -0.2) is 21.7 Å². The molecule has 2 N–H and O–H groups in total. The first-order chi connectivity index (χ1) is 6.78. The molecule has 0 aliphatic heterocycles. The molecule has 0 amide bonds. The van der Waals surface area contributed by atoms with Crippen LogP contribution in [0.3, 0.4) is 0 Å².